The molecular weight excluding hydrogens is 404 g/mol. The quantitative estimate of drug-likeness (QED) is 0.605. The van der Waals surface area contributed by atoms with E-state index in [0.717, 1.165) is 0 Å². The number of halogens is 2. The van der Waals surface area contributed by atoms with Crippen LogP contribution in [-0.2, 0) is 4.79 Å². The minimum Gasteiger partial charge on any atom is -0.481 e. The fraction of sp³-hybridized carbons (Fsp3) is 0.261. The highest BCUT2D eigenvalue weighted by molar-refractivity contribution is 5.67. The van der Waals surface area contributed by atoms with Crippen molar-refractivity contribution in [3.05, 3.63) is 66.4 Å². The van der Waals surface area contributed by atoms with Crippen molar-refractivity contribution in [2.45, 2.75) is 19.3 Å². The predicted octanol–water partition coefficient (Wildman–Crippen LogP) is 4.91. The lowest BCUT2D eigenvalue weighted by molar-refractivity contribution is -0.138. The van der Waals surface area contributed by atoms with E-state index in [1.165, 1.54) is 18.3 Å². The normalized spacial score (nSPS) is 14.5. The summed E-state index contributed by atoms with van der Waals surface area (Å²) in [5.41, 5.74) is 0.104. The zero-order valence-corrected chi connectivity index (χ0v) is 16.7. The summed E-state index contributed by atoms with van der Waals surface area (Å²) < 4.78 is 35.4. The van der Waals surface area contributed by atoms with Gasteiger partial charge >= 0.3 is 5.97 Å². The maximum absolute atomic E-state index is 14.9. The Hall–Kier alpha value is -3.55. The van der Waals surface area contributed by atoms with E-state index < -0.39 is 17.6 Å². The number of aromatic nitrogens is 2. The lowest BCUT2D eigenvalue weighted by Crippen LogP contribution is -2.35. The van der Waals surface area contributed by atoms with E-state index in [9.17, 15) is 13.6 Å². The van der Waals surface area contributed by atoms with Crippen LogP contribution in [0.3, 0.4) is 0 Å². The Morgan fingerprint density at radius 3 is 2.42 bits per heavy atom. The third-order valence-corrected chi connectivity index (χ3v) is 5.26. The van der Waals surface area contributed by atoms with Gasteiger partial charge in [0.1, 0.15) is 23.1 Å². The molecular formula is C23H21F2N3O3. The molecule has 4 rings (SSSR count). The number of hydrogen-bond donors (Lipinski definition) is 1. The third kappa shape index (κ3) is 4.96. The van der Waals surface area contributed by atoms with Crippen molar-refractivity contribution >= 4 is 11.7 Å². The van der Waals surface area contributed by atoms with Gasteiger partial charge in [0.2, 0.25) is 5.88 Å². The van der Waals surface area contributed by atoms with Gasteiger partial charge in [-0.15, -0.1) is 0 Å². The topological polar surface area (TPSA) is 75.5 Å². The van der Waals surface area contributed by atoms with Gasteiger partial charge in [-0.05, 0) is 43.0 Å². The first kappa shape index (κ1) is 20.7. The monoisotopic (exact) mass is 425 g/mol. The average Bonchev–Trinajstić information content (AvgIpc) is 2.75. The van der Waals surface area contributed by atoms with Crippen LogP contribution in [0, 0.1) is 17.6 Å². The highest BCUT2D eigenvalue weighted by Crippen LogP contribution is 2.32. The largest absolute Gasteiger partial charge is 0.481 e. The standard InChI is InChI=1S/C23H21F2N3O3/c24-18-13-16(23-26-9-6-20(27-23)31-17-4-2-1-3-5-17)14-19(25)22(18)28-10-7-15(8-11-28)12-21(29)30/h1-6,9,13-15H,7-8,10-12H2,(H,29,30). The summed E-state index contributed by atoms with van der Waals surface area (Å²) in [6.45, 7) is 0.810. The number of hydrogen-bond acceptors (Lipinski definition) is 5. The van der Waals surface area contributed by atoms with Gasteiger partial charge < -0.3 is 14.7 Å². The van der Waals surface area contributed by atoms with Crippen LogP contribution in [0.15, 0.2) is 54.7 Å². The minimum atomic E-state index is -0.848. The predicted molar refractivity (Wildman–Crippen MR) is 111 cm³/mol. The summed E-state index contributed by atoms with van der Waals surface area (Å²) in [6.07, 6.45) is 2.71. The highest BCUT2D eigenvalue weighted by Gasteiger charge is 2.26. The molecule has 2 heterocycles. The average molecular weight is 425 g/mol. The molecule has 160 valence electrons. The number of aliphatic carboxylic acids is 1. The lowest BCUT2D eigenvalue weighted by Gasteiger charge is -2.33. The summed E-state index contributed by atoms with van der Waals surface area (Å²) in [6, 6.07) is 13.0. The molecule has 3 aromatic rings. The number of piperidine rings is 1. The Morgan fingerprint density at radius 1 is 1.10 bits per heavy atom. The SMILES string of the molecule is O=C(O)CC1CCN(c2c(F)cc(-c3nccc(Oc4ccccc4)n3)cc2F)CC1. The van der Waals surface area contributed by atoms with Gasteiger partial charge in [0.05, 0.1) is 0 Å². The van der Waals surface area contributed by atoms with Crippen LogP contribution in [0.4, 0.5) is 14.5 Å². The number of carboxylic acid groups (broad SMARTS) is 1. The van der Waals surface area contributed by atoms with Crippen LogP contribution in [0.25, 0.3) is 11.4 Å². The molecule has 0 amide bonds. The maximum Gasteiger partial charge on any atom is 0.303 e. The molecule has 1 saturated heterocycles. The van der Waals surface area contributed by atoms with Crippen LogP contribution in [0.2, 0.25) is 0 Å². The Bertz CT molecular complexity index is 1050. The molecule has 31 heavy (non-hydrogen) atoms. The molecule has 2 aromatic carbocycles. The minimum absolute atomic E-state index is 0.0277. The molecule has 0 spiro atoms. The van der Waals surface area contributed by atoms with Gasteiger partial charge in [-0.2, -0.15) is 4.98 Å². The first-order valence-corrected chi connectivity index (χ1v) is 10.0. The van der Waals surface area contributed by atoms with E-state index >= 15 is 0 Å². The second-order valence-electron chi connectivity index (χ2n) is 7.45. The number of anilines is 1. The van der Waals surface area contributed by atoms with Crippen LogP contribution in [0.5, 0.6) is 11.6 Å². The summed E-state index contributed by atoms with van der Waals surface area (Å²) in [7, 11) is 0. The molecule has 0 bridgehead atoms. The molecule has 0 unspecified atom stereocenters. The molecule has 0 aliphatic carbocycles. The molecule has 1 fully saturated rings. The Labute approximate surface area is 178 Å². The summed E-state index contributed by atoms with van der Waals surface area (Å²) in [4.78, 5) is 20.9. The zero-order valence-electron chi connectivity index (χ0n) is 16.7. The summed E-state index contributed by atoms with van der Waals surface area (Å²) >= 11 is 0. The van der Waals surface area contributed by atoms with Crippen LogP contribution < -0.4 is 9.64 Å². The van der Waals surface area contributed by atoms with E-state index in [-0.39, 0.29) is 35.3 Å². The van der Waals surface area contributed by atoms with Crippen LogP contribution in [-0.4, -0.2) is 34.1 Å². The van der Waals surface area contributed by atoms with Gasteiger partial charge in [-0.25, -0.2) is 13.8 Å². The van der Waals surface area contributed by atoms with E-state index in [0.29, 0.717) is 31.7 Å². The Balaban J connectivity index is 1.53. The molecule has 0 saturated carbocycles. The number of nitrogens with zero attached hydrogens (tertiary/aromatic N) is 3. The summed E-state index contributed by atoms with van der Waals surface area (Å²) in [5.74, 6) is -1.22. The Morgan fingerprint density at radius 2 is 1.77 bits per heavy atom. The van der Waals surface area contributed by atoms with Gasteiger partial charge in [0.25, 0.3) is 0 Å². The van der Waals surface area contributed by atoms with Gasteiger partial charge in [0.15, 0.2) is 5.82 Å². The molecule has 1 aromatic heterocycles. The number of carbonyl (C=O) groups is 1. The number of rotatable bonds is 6. The van der Waals surface area contributed by atoms with E-state index in [4.69, 9.17) is 9.84 Å². The highest BCUT2D eigenvalue weighted by atomic mass is 19.1. The van der Waals surface area contributed by atoms with E-state index in [1.807, 2.05) is 18.2 Å². The van der Waals surface area contributed by atoms with Crippen molar-refractivity contribution in [2.24, 2.45) is 5.92 Å². The van der Waals surface area contributed by atoms with Crippen molar-refractivity contribution in [1.29, 1.82) is 0 Å². The van der Waals surface area contributed by atoms with Gasteiger partial charge in [0, 0.05) is 37.3 Å². The number of benzene rings is 2. The van der Waals surface area contributed by atoms with Crippen LogP contribution in [0.1, 0.15) is 19.3 Å². The van der Waals surface area contributed by atoms with Crippen molar-refractivity contribution in [1.82, 2.24) is 9.97 Å². The second-order valence-corrected chi connectivity index (χ2v) is 7.45. The molecule has 1 N–H and O–H groups in total. The number of para-hydroxylation sites is 1. The number of carboxylic acids is 1. The number of ether oxygens (including phenoxy) is 1. The van der Waals surface area contributed by atoms with E-state index in [2.05, 4.69) is 9.97 Å². The second kappa shape index (κ2) is 9.07. The Kier molecular flexibility index (Phi) is 6.06. The van der Waals surface area contributed by atoms with Crippen molar-refractivity contribution in [3.8, 4) is 23.0 Å². The fourth-order valence-corrected chi connectivity index (χ4v) is 3.75. The first-order chi connectivity index (χ1) is 15.0. The molecule has 0 radical (unpaired) electrons. The fourth-order valence-electron chi connectivity index (χ4n) is 3.75. The van der Waals surface area contributed by atoms with Crippen molar-refractivity contribution in [2.75, 3.05) is 18.0 Å². The third-order valence-electron chi connectivity index (χ3n) is 5.26. The zero-order chi connectivity index (χ0) is 21.8. The summed E-state index contributed by atoms with van der Waals surface area (Å²) in [5, 5.41) is 8.92. The van der Waals surface area contributed by atoms with Crippen molar-refractivity contribution < 1.29 is 23.4 Å². The molecule has 1 aliphatic rings. The maximum atomic E-state index is 14.9. The molecule has 1 aliphatic heterocycles. The van der Waals surface area contributed by atoms with Crippen molar-refractivity contribution in [3.63, 3.8) is 0 Å². The first-order valence-electron chi connectivity index (χ1n) is 10.0. The molecule has 8 heteroatoms. The molecule has 0 atom stereocenters. The lowest BCUT2D eigenvalue weighted by atomic mass is 9.93. The molecule has 6 nitrogen and oxygen atoms in total. The van der Waals surface area contributed by atoms with Crippen LogP contribution >= 0.6 is 0 Å². The van der Waals surface area contributed by atoms with E-state index in [1.54, 1.807) is 23.1 Å². The van der Waals surface area contributed by atoms with Gasteiger partial charge in [-0.3, -0.25) is 4.79 Å². The smallest absolute Gasteiger partial charge is 0.303 e. The van der Waals surface area contributed by atoms with Gasteiger partial charge in [-0.1, -0.05) is 18.2 Å².